The van der Waals surface area contributed by atoms with E-state index in [2.05, 4.69) is 28.2 Å². The molecule has 0 amide bonds. The van der Waals surface area contributed by atoms with Crippen molar-refractivity contribution in [3.05, 3.63) is 156 Å². The number of pyridine rings is 2. The second kappa shape index (κ2) is 22.9. The van der Waals surface area contributed by atoms with Crippen LogP contribution in [-0.2, 0) is 14.4 Å². The number of carbonyl (C=O) groups excluding carboxylic acids is 6. The van der Waals surface area contributed by atoms with Crippen LogP contribution in [0.3, 0.4) is 0 Å². The van der Waals surface area contributed by atoms with E-state index in [1.165, 1.54) is 20.8 Å². The number of aromatic nitrogens is 2. The SMILES string of the molecule is CC(=O)CC(=O)c1ccccc1.CC(=O)CC(=O)c1ccccc1.CC(=O)CC(=O)c1ccccc1.[Eu].c1cnc2c(c1)ccc1ncccc12. The monoisotopic (exact) mass is 819 g/mol. The summed E-state index contributed by atoms with van der Waals surface area (Å²) in [5.74, 6) is -0.606. The second-order valence-electron chi connectivity index (χ2n) is 11.2. The molecule has 4 aromatic carbocycles. The van der Waals surface area contributed by atoms with Crippen LogP contribution in [0.15, 0.2) is 140 Å². The van der Waals surface area contributed by atoms with Gasteiger partial charge in [-0.15, -0.1) is 0 Å². The molecule has 0 N–H and O–H groups in total. The normalized spacial score (nSPS) is 9.63. The molecule has 0 aliphatic carbocycles. The van der Waals surface area contributed by atoms with Crippen molar-refractivity contribution in [1.29, 1.82) is 0 Å². The molecular weight excluding hydrogens is 780 g/mol. The van der Waals surface area contributed by atoms with Gasteiger partial charge in [-0.2, -0.15) is 0 Å². The molecule has 1 radical (unpaired) electrons. The van der Waals surface area contributed by atoms with Crippen molar-refractivity contribution in [3.8, 4) is 0 Å². The van der Waals surface area contributed by atoms with Crippen molar-refractivity contribution in [2.75, 3.05) is 0 Å². The van der Waals surface area contributed by atoms with E-state index in [-0.39, 0.29) is 103 Å². The van der Waals surface area contributed by atoms with Gasteiger partial charge in [-0.1, -0.05) is 103 Å². The van der Waals surface area contributed by atoms with Crippen LogP contribution in [0.5, 0.6) is 0 Å². The number of fused-ring (bicyclic) bond motifs is 3. The van der Waals surface area contributed by atoms with Crippen LogP contribution in [0.25, 0.3) is 21.8 Å². The summed E-state index contributed by atoms with van der Waals surface area (Å²) in [4.78, 5) is 74.2. The fourth-order valence-electron chi connectivity index (χ4n) is 4.55. The van der Waals surface area contributed by atoms with Crippen molar-refractivity contribution in [1.82, 2.24) is 9.97 Å². The molecule has 0 saturated heterocycles. The van der Waals surface area contributed by atoms with Gasteiger partial charge in [0, 0.05) is 89.2 Å². The summed E-state index contributed by atoms with van der Waals surface area (Å²) in [5.41, 5.74) is 3.84. The average Bonchev–Trinajstić information content (AvgIpc) is 3.13. The number of hydrogen-bond donors (Lipinski definition) is 0. The molecular formula is C42H38EuN2O6. The number of Topliss-reactive ketones (excluding diaryl/α,β-unsaturated/α-hetero) is 6. The first-order valence-electron chi connectivity index (χ1n) is 15.9. The summed E-state index contributed by atoms with van der Waals surface area (Å²) in [7, 11) is 0. The van der Waals surface area contributed by atoms with Crippen LogP contribution in [0.4, 0.5) is 0 Å². The predicted octanol–water partition coefficient (Wildman–Crippen LogP) is 8.33. The number of hydrogen-bond acceptors (Lipinski definition) is 8. The van der Waals surface area contributed by atoms with E-state index in [0.717, 1.165) is 21.8 Å². The van der Waals surface area contributed by atoms with Crippen LogP contribution in [-0.4, -0.2) is 44.7 Å². The zero-order chi connectivity index (χ0) is 36.3. The largest absolute Gasteiger partial charge is 0.300 e. The smallest absolute Gasteiger partial charge is 0.170 e. The Balaban J connectivity index is 0.000000235. The Hall–Kier alpha value is -4.70. The maximum Gasteiger partial charge on any atom is 0.170 e. The van der Waals surface area contributed by atoms with E-state index in [4.69, 9.17) is 0 Å². The zero-order valence-corrected chi connectivity index (χ0v) is 31.0. The molecule has 2 aromatic heterocycles. The van der Waals surface area contributed by atoms with Crippen LogP contribution in [0, 0.1) is 49.4 Å². The Morgan fingerprint density at radius 1 is 0.431 bits per heavy atom. The Kier molecular flexibility index (Phi) is 19.1. The Morgan fingerprint density at radius 3 is 1.20 bits per heavy atom. The van der Waals surface area contributed by atoms with E-state index in [0.29, 0.717) is 16.7 Å². The van der Waals surface area contributed by atoms with Gasteiger partial charge in [-0.25, -0.2) is 0 Å². The first-order chi connectivity index (χ1) is 24.0. The zero-order valence-electron chi connectivity index (χ0n) is 28.6. The fraction of sp³-hybridized carbons (Fsp3) is 0.143. The molecule has 2 heterocycles. The van der Waals surface area contributed by atoms with Gasteiger partial charge in [-0.05, 0) is 45.0 Å². The third kappa shape index (κ3) is 15.4. The minimum Gasteiger partial charge on any atom is -0.300 e. The minimum absolute atomic E-state index is 0. The maximum absolute atomic E-state index is 11.2. The molecule has 0 unspecified atom stereocenters. The summed E-state index contributed by atoms with van der Waals surface area (Å²) in [5, 5.41) is 2.28. The van der Waals surface area contributed by atoms with E-state index >= 15 is 0 Å². The second-order valence-corrected chi connectivity index (χ2v) is 11.2. The van der Waals surface area contributed by atoms with Crippen molar-refractivity contribution in [3.63, 3.8) is 0 Å². The van der Waals surface area contributed by atoms with Crippen molar-refractivity contribution >= 4 is 56.5 Å². The quantitative estimate of drug-likeness (QED) is 0.0810. The van der Waals surface area contributed by atoms with Gasteiger partial charge in [0.2, 0.25) is 0 Å². The molecule has 51 heavy (non-hydrogen) atoms. The summed E-state index contributed by atoms with van der Waals surface area (Å²) in [6, 6.07) is 38.6. The molecule has 6 rings (SSSR count). The summed E-state index contributed by atoms with van der Waals surface area (Å²) >= 11 is 0. The molecule has 0 fully saturated rings. The molecule has 8 nitrogen and oxygen atoms in total. The van der Waals surface area contributed by atoms with Gasteiger partial charge >= 0.3 is 0 Å². The van der Waals surface area contributed by atoms with Gasteiger partial charge in [0.25, 0.3) is 0 Å². The summed E-state index contributed by atoms with van der Waals surface area (Å²) in [6.07, 6.45) is 3.63. The van der Waals surface area contributed by atoms with E-state index in [1.807, 2.05) is 42.6 Å². The third-order valence-electron chi connectivity index (χ3n) is 6.87. The topological polar surface area (TPSA) is 128 Å². The molecule has 0 saturated carbocycles. The first kappa shape index (κ1) is 42.5. The Bertz CT molecular complexity index is 1860. The Labute approximate surface area is 338 Å². The summed E-state index contributed by atoms with van der Waals surface area (Å²) < 4.78 is 0. The van der Waals surface area contributed by atoms with E-state index in [1.54, 1.807) is 79.0 Å². The van der Waals surface area contributed by atoms with Crippen molar-refractivity contribution in [2.24, 2.45) is 0 Å². The summed E-state index contributed by atoms with van der Waals surface area (Å²) in [6.45, 7) is 4.25. The van der Waals surface area contributed by atoms with Crippen molar-refractivity contribution < 1.29 is 78.1 Å². The van der Waals surface area contributed by atoms with E-state index < -0.39 is 0 Å². The average molecular weight is 819 g/mol. The number of ketones is 6. The predicted molar refractivity (Wildman–Crippen MR) is 195 cm³/mol. The van der Waals surface area contributed by atoms with Crippen molar-refractivity contribution in [2.45, 2.75) is 40.0 Å². The van der Waals surface area contributed by atoms with Crippen LogP contribution >= 0.6 is 0 Å². The van der Waals surface area contributed by atoms with Gasteiger partial charge < -0.3 is 0 Å². The minimum atomic E-state index is -0.108. The number of benzene rings is 4. The van der Waals surface area contributed by atoms with Gasteiger partial charge in [-0.3, -0.25) is 38.7 Å². The molecule has 9 heteroatoms. The molecule has 0 aliphatic heterocycles. The fourth-order valence-corrected chi connectivity index (χ4v) is 4.55. The standard InChI is InChI=1S/C12H8N2.3C10H10O2.Eu/c1-3-9-5-6-11-10(4-2-7-13-11)12(9)14-8-1;3*1-8(11)7-10(12)9-5-3-2-4-6-9;/h1-8H;3*2-6H,7H2,1H3;. The van der Waals surface area contributed by atoms with Crippen LogP contribution in [0.2, 0.25) is 0 Å². The molecule has 259 valence electrons. The molecule has 0 bridgehead atoms. The number of carbonyl (C=O) groups is 6. The Morgan fingerprint density at radius 2 is 0.804 bits per heavy atom. The maximum atomic E-state index is 11.2. The molecule has 0 aliphatic rings. The van der Waals surface area contributed by atoms with Gasteiger partial charge in [0.15, 0.2) is 17.3 Å². The molecule has 6 aromatic rings. The third-order valence-corrected chi connectivity index (χ3v) is 6.87. The number of nitrogens with zero attached hydrogens (tertiary/aromatic N) is 2. The molecule has 0 spiro atoms. The first-order valence-corrected chi connectivity index (χ1v) is 15.9. The van der Waals surface area contributed by atoms with Crippen LogP contribution in [0.1, 0.15) is 71.1 Å². The van der Waals surface area contributed by atoms with Gasteiger partial charge in [0.1, 0.15) is 17.3 Å². The number of rotatable bonds is 9. The molecule has 0 atom stereocenters. The van der Waals surface area contributed by atoms with E-state index in [9.17, 15) is 28.8 Å². The van der Waals surface area contributed by atoms with Crippen LogP contribution < -0.4 is 0 Å². The van der Waals surface area contributed by atoms with Gasteiger partial charge in [0.05, 0.1) is 30.3 Å².